The molecule has 0 aromatic heterocycles. The Kier molecular flexibility index (Phi) is 3.83. The molecule has 0 saturated carbocycles. The third-order valence-electron chi connectivity index (χ3n) is 3.74. The Morgan fingerprint density at radius 3 is 2.44 bits per heavy atom. The summed E-state index contributed by atoms with van der Waals surface area (Å²) in [6.45, 7) is 6.54. The molecule has 1 unspecified atom stereocenters. The maximum atomic E-state index is 3.29. The minimum absolute atomic E-state index is 0.384. The van der Waals surface area contributed by atoms with Crippen LogP contribution < -0.4 is 5.32 Å². The van der Waals surface area contributed by atoms with E-state index in [1.54, 1.807) is 0 Å². The highest BCUT2D eigenvalue weighted by Gasteiger charge is 2.07. The predicted molar refractivity (Wildman–Crippen MR) is 78.8 cm³/mol. The zero-order chi connectivity index (χ0) is 13.1. The molecule has 2 aromatic carbocycles. The Hall–Kier alpha value is -1.60. The van der Waals surface area contributed by atoms with Crippen molar-refractivity contribution in [1.29, 1.82) is 0 Å². The van der Waals surface area contributed by atoms with Gasteiger partial charge in [0.25, 0.3) is 0 Å². The van der Waals surface area contributed by atoms with Crippen LogP contribution >= 0.6 is 0 Å². The second kappa shape index (κ2) is 5.36. The zero-order valence-electron chi connectivity index (χ0n) is 11.6. The molecule has 2 rings (SSSR count). The summed E-state index contributed by atoms with van der Waals surface area (Å²) in [5, 5.41) is 3.29. The second-order valence-electron chi connectivity index (χ2n) is 4.88. The predicted octanol–water partition coefficient (Wildman–Crippen LogP) is 4.25. The highest BCUT2D eigenvalue weighted by molar-refractivity contribution is 5.69. The quantitative estimate of drug-likeness (QED) is 0.844. The normalized spacial score (nSPS) is 12.4. The number of aryl methyl sites for hydroxylation is 1. The van der Waals surface area contributed by atoms with Crippen LogP contribution in [0.5, 0.6) is 0 Å². The van der Waals surface area contributed by atoms with E-state index < -0.39 is 0 Å². The fourth-order valence-electron chi connectivity index (χ4n) is 2.21. The number of hydrogen-bond acceptors (Lipinski definition) is 1. The van der Waals surface area contributed by atoms with Gasteiger partial charge in [0.15, 0.2) is 0 Å². The first-order valence-corrected chi connectivity index (χ1v) is 6.47. The topological polar surface area (TPSA) is 12.0 Å². The van der Waals surface area contributed by atoms with E-state index in [4.69, 9.17) is 0 Å². The first-order chi connectivity index (χ1) is 8.63. The molecule has 18 heavy (non-hydrogen) atoms. The number of nitrogens with one attached hydrogen (secondary N) is 1. The van der Waals surface area contributed by atoms with Gasteiger partial charge in [-0.1, -0.05) is 36.4 Å². The summed E-state index contributed by atoms with van der Waals surface area (Å²) in [5.74, 6) is 0. The van der Waals surface area contributed by atoms with E-state index in [1.165, 1.54) is 27.8 Å². The molecule has 1 N–H and O–H groups in total. The lowest BCUT2D eigenvalue weighted by molar-refractivity contribution is 0.652. The summed E-state index contributed by atoms with van der Waals surface area (Å²) >= 11 is 0. The van der Waals surface area contributed by atoms with E-state index in [1.807, 2.05) is 7.05 Å². The molecule has 0 amide bonds. The molecule has 0 spiro atoms. The molecule has 94 valence electrons. The van der Waals surface area contributed by atoms with Gasteiger partial charge in [-0.05, 0) is 61.7 Å². The van der Waals surface area contributed by atoms with E-state index in [9.17, 15) is 0 Å². The number of benzene rings is 2. The molecule has 0 saturated heterocycles. The van der Waals surface area contributed by atoms with Gasteiger partial charge in [-0.2, -0.15) is 0 Å². The molecule has 0 heterocycles. The lowest BCUT2D eigenvalue weighted by Gasteiger charge is -2.14. The van der Waals surface area contributed by atoms with Crippen LogP contribution in [0.25, 0.3) is 11.1 Å². The van der Waals surface area contributed by atoms with E-state index in [0.717, 1.165) is 0 Å². The Labute approximate surface area is 110 Å². The minimum Gasteiger partial charge on any atom is -0.313 e. The molecule has 1 atom stereocenters. The van der Waals surface area contributed by atoms with Gasteiger partial charge in [-0.15, -0.1) is 0 Å². The average molecular weight is 239 g/mol. The summed E-state index contributed by atoms with van der Waals surface area (Å²) in [7, 11) is 2.00. The van der Waals surface area contributed by atoms with Crippen molar-refractivity contribution >= 4 is 0 Å². The number of rotatable bonds is 3. The smallest absolute Gasteiger partial charge is 0.0289 e. The molecule has 0 aliphatic rings. The van der Waals surface area contributed by atoms with Crippen molar-refractivity contribution in [2.24, 2.45) is 0 Å². The Balaban J connectivity index is 2.48. The van der Waals surface area contributed by atoms with Crippen LogP contribution in [-0.4, -0.2) is 7.05 Å². The van der Waals surface area contributed by atoms with Gasteiger partial charge in [0.1, 0.15) is 0 Å². The molecule has 0 bridgehead atoms. The molecule has 0 aliphatic heterocycles. The van der Waals surface area contributed by atoms with Crippen molar-refractivity contribution in [3.63, 3.8) is 0 Å². The monoisotopic (exact) mass is 239 g/mol. The van der Waals surface area contributed by atoms with Crippen LogP contribution in [0.2, 0.25) is 0 Å². The van der Waals surface area contributed by atoms with E-state index in [-0.39, 0.29) is 0 Å². The van der Waals surface area contributed by atoms with Gasteiger partial charge < -0.3 is 5.32 Å². The van der Waals surface area contributed by atoms with Crippen molar-refractivity contribution in [1.82, 2.24) is 5.32 Å². The molecule has 0 aliphatic carbocycles. The highest BCUT2D eigenvalue weighted by Crippen LogP contribution is 2.27. The largest absolute Gasteiger partial charge is 0.313 e. The fourth-order valence-corrected chi connectivity index (χ4v) is 2.21. The second-order valence-corrected chi connectivity index (χ2v) is 4.88. The molecule has 1 nitrogen and oxygen atoms in total. The summed E-state index contributed by atoms with van der Waals surface area (Å²) in [6, 6.07) is 15.7. The third-order valence-corrected chi connectivity index (χ3v) is 3.74. The van der Waals surface area contributed by atoms with Crippen molar-refractivity contribution in [3.05, 3.63) is 59.2 Å². The fraction of sp³-hybridized carbons (Fsp3) is 0.294. The Morgan fingerprint density at radius 2 is 1.72 bits per heavy atom. The summed E-state index contributed by atoms with van der Waals surface area (Å²) in [6.07, 6.45) is 0. The maximum absolute atomic E-state index is 3.29. The van der Waals surface area contributed by atoms with Crippen molar-refractivity contribution in [3.8, 4) is 11.1 Å². The standard InChI is InChI=1S/C17H21N/c1-12-7-5-10-17(13(12)2)16-9-6-8-15(11-16)14(3)18-4/h5-11,14,18H,1-4H3. The average Bonchev–Trinajstić information content (AvgIpc) is 2.41. The Bertz CT molecular complexity index is 543. The van der Waals surface area contributed by atoms with Crippen molar-refractivity contribution in [2.75, 3.05) is 7.05 Å². The molecular weight excluding hydrogens is 218 g/mol. The van der Waals surface area contributed by atoms with Crippen LogP contribution in [0.3, 0.4) is 0 Å². The van der Waals surface area contributed by atoms with E-state index in [0.29, 0.717) is 6.04 Å². The lowest BCUT2D eigenvalue weighted by Crippen LogP contribution is -2.12. The van der Waals surface area contributed by atoms with Gasteiger partial charge in [0, 0.05) is 6.04 Å². The first kappa shape index (κ1) is 12.8. The van der Waals surface area contributed by atoms with Crippen LogP contribution in [-0.2, 0) is 0 Å². The van der Waals surface area contributed by atoms with Crippen LogP contribution in [0, 0.1) is 13.8 Å². The van der Waals surface area contributed by atoms with E-state index >= 15 is 0 Å². The third kappa shape index (κ3) is 2.46. The van der Waals surface area contributed by atoms with Gasteiger partial charge in [0.2, 0.25) is 0 Å². The van der Waals surface area contributed by atoms with Gasteiger partial charge >= 0.3 is 0 Å². The minimum atomic E-state index is 0.384. The van der Waals surface area contributed by atoms with Gasteiger partial charge in [-0.3, -0.25) is 0 Å². The maximum Gasteiger partial charge on any atom is 0.0289 e. The Morgan fingerprint density at radius 1 is 1.00 bits per heavy atom. The lowest BCUT2D eigenvalue weighted by atomic mass is 9.95. The van der Waals surface area contributed by atoms with Gasteiger partial charge in [-0.25, -0.2) is 0 Å². The molecule has 2 aromatic rings. The zero-order valence-corrected chi connectivity index (χ0v) is 11.6. The summed E-state index contributed by atoms with van der Waals surface area (Å²) < 4.78 is 0. The van der Waals surface area contributed by atoms with Crippen molar-refractivity contribution < 1.29 is 0 Å². The van der Waals surface area contributed by atoms with E-state index in [2.05, 4.69) is 68.6 Å². The van der Waals surface area contributed by atoms with Crippen molar-refractivity contribution in [2.45, 2.75) is 26.8 Å². The molecular formula is C17H21N. The van der Waals surface area contributed by atoms with Gasteiger partial charge in [0.05, 0.1) is 0 Å². The number of hydrogen-bond donors (Lipinski definition) is 1. The van der Waals surface area contributed by atoms with Crippen LogP contribution in [0.15, 0.2) is 42.5 Å². The molecule has 1 heteroatoms. The summed E-state index contributed by atoms with van der Waals surface area (Å²) in [4.78, 5) is 0. The molecule has 0 fully saturated rings. The highest BCUT2D eigenvalue weighted by atomic mass is 14.8. The van der Waals surface area contributed by atoms with Crippen LogP contribution in [0.4, 0.5) is 0 Å². The van der Waals surface area contributed by atoms with Crippen LogP contribution in [0.1, 0.15) is 29.7 Å². The summed E-state index contributed by atoms with van der Waals surface area (Å²) in [5.41, 5.74) is 6.68. The molecule has 0 radical (unpaired) electrons. The SMILES string of the molecule is CNC(C)c1cccc(-c2cccc(C)c2C)c1. The first-order valence-electron chi connectivity index (χ1n) is 6.47.